The second-order valence-corrected chi connectivity index (χ2v) is 11.3. The van der Waals surface area contributed by atoms with E-state index in [1.807, 2.05) is 13.0 Å². The van der Waals surface area contributed by atoms with E-state index in [2.05, 4.69) is 74.4 Å². The van der Waals surface area contributed by atoms with Crippen LogP contribution in [-0.4, -0.2) is 17.1 Å². The summed E-state index contributed by atoms with van der Waals surface area (Å²) in [5.41, 5.74) is 10.9. The fraction of sp³-hybridized carbons (Fsp3) is 0.286. The first-order valence-electron chi connectivity index (χ1n) is 14.1. The first kappa shape index (κ1) is 26.1. The lowest BCUT2D eigenvalue weighted by Gasteiger charge is -2.41. The summed E-state index contributed by atoms with van der Waals surface area (Å²) in [5, 5.41) is 16.9. The lowest BCUT2D eigenvalue weighted by molar-refractivity contribution is 0.0698. The molecule has 7 rings (SSSR count). The van der Waals surface area contributed by atoms with Gasteiger partial charge in [0.15, 0.2) is 0 Å². The number of hydrogen-bond acceptors (Lipinski definition) is 4. The van der Waals surface area contributed by atoms with Gasteiger partial charge in [0.2, 0.25) is 0 Å². The molecular formula is C35H36N2O3. The summed E-state index contributed by atoms with van der Waals surface area (Å²) in [6.45, 7) is 12.9. The van der Waals surface area contributed by atoms with Crippen molar-refractivity contribution in [1.82, 2.24) is 5.32 Å². The summed E-state index contributed by atoms with van der Waals surface area (Å²) in [6.07, 6.45) is 5.72. The monoisotopic (exact) mass is 532 g/mol. The average Bonchev–Trinajstić information content (AvgIpc) is 2.90. The van der Waals surface area contributed by atoms with Gasteiger partial charge in [-0.3, -0.25) is 0 Å². The first-order chi connectivity index (χ1) is 19.2. The number of nitrogens with one attached hydrogen (secondary N) is 2. The zero-order valence-corrected chi connectivity index (χ0v) is 23.6. The molecule has 1 fully saturated rings. The fourth-order valence-corrected chi connectivity index (χ4v) is 6.26. The van der Waals surface area contributed by atoms with E-state index in [0.29, 0.717) is 17.8 Å². The zero-order valence-electron chi connectivity index (χ0n) is 23.6. The Balaban J connectivity index is 1.39. The van der Waals surface area contributed by atoms with Crippen molar-refractivity contribution in [2.24, 2.45) is 0 Å². The molecule has 3 atom stereocenters. The number of rotatable bonds is 6. The second kappa shape index (κ2) is 10.1. The number of carboxylic acids is 1. The molecule has 2 unspecified atom stereocenters. The minimum absolute atomic E-state index is 0.204. The van der Waals surface area contributed by atoms with Gasteiger partial charge in [0.25, 0.3) is 0 Å². The van der Waals surface area contributed by atoms with Gasteiger partial charge >= 0.3 is 5.97 Å². The van der Waals surface area contributed by atoms with Crippen molar-refractivity contribution < 1.29 is 14.6 Å². The van der Waals surface area contributed by atoms with Crippen molar-refractivity contribution in [3.05, 3.63) is 111 Å². The Kier molecular flexibility index (Phi) is 6.63. The van der Waals surface area contributed by atoms with E-state index < -0.39 is 5.97 Å². The molecule has 0 aromatic heterocycles. The van der Waals surface area contributed by atoms with Crippen LogP contribution in [0.1, 0.15) is 95.9 Å². The summed E-state index contributed by atoms with van der Waals surface area (Å²) in [4.78, 5) is 11.8. The van der Waals surface area contributed by atoms with Crippen molar-refractivity contribution in [2.45, 2.75) is 65.1 Å². The largest absolute Gasteiger partial charge is 0.478 e. The Labute approximate surface area is 236 Å². The van der Waals surface area contributed by atoms with Gasteiger partial charge in [-0.2, -0.15) is 0 Å². The summed E-state index contributed by atoms with van der Waals surface area (Å²) in [5.74, 6) is 0.624. The van der Waals surface area contributed by atoms with E-state index in [-0.39, 0.29) is 11.6 Å². The third-order valence-corrected chi connectivity index (χ3v) is 8.58. The number of aromatic carboxylic acids is 1. The maximum atomic E-state index is 11.8. The average molecular weight is 533 g/mol. The highest BCUT2D eigenvalue weighted by molar-refractivity contribution is 5.95. The van der Waals surface area contributed by atoms with E-state index >= 15 is 0 Å². The van der Waals surface area contributed by atoms with E-state index in [4.69, 9.17) is 4.74 Å². The Bertz CT molecular complexity index is 1610. The number of aryl methyl sites for hydroxylation is 1. The van der Waals surface area contributed by atoms with Crippen LogP contribution in [0.3, 0.4) is 0 Å². The summed E-state index contributed by atoms with van der Waals surface area (Å²) >= 11 is 0. The van der Waals surface area contributed by atoms with Gasteiger partial charge < -0.3 is 20.5 Å². The highest BCUT2D eigenvalue weighted by Gasteiger charge is 2.33. The summed E-state index contributed by atoms with van der Waals surface area (Å²) < 4.78 is 6.79. The molecule has 0 spiro atoms. The molecule has 3 N–H and O–H groups in total. The van der Waals surface area contributed by atoms with Crippen molar-refractivity contribution in [3.8, 4) is 5.75 Å². The number of allylic oxidation sites excluding steroid dienone is 2. The topological polar surface area (TPSA) is 70.6 Å². The van der Waals surface area contributed by atoms with E-state index in [1.54, 1.807) is 18.2 Å². The minimum atomic E-state index is -0.959. The number of hydrogen-bond donors (Lipinski definition) is 3. The number of ether oxygens (including phenoxy) is 1. The molecule has 1 aliphatic carbocycles. The number of para-hydroxylation sites is 1. The van der Waals surface area contributed by atoms with Crippen LogP contribution in [0.5, 0.6) is 5.75 Å². The Morgan fingerprint density at radius 2 is 1.95 bits per heavy atom. The van der Waals surface area contributed by atoms with Crippen LogP contribution < -0.4 is 15.4 Å². The Morgan fingerprint density at radius 3 is 2.70 bits per heavy atom. The van der Waals surface area contributed by atoms with E-state index in [1.165, 1.54) is 23.1 Å². The van der Waals surface area contributed by atoms with Crippen molar-refractivity contribution in [1.29, 1.82) is 0 Å². The molecule has 3 aromatic rings. The van der Waals surface area contributed by atoms with Crippen LogP contribution in [-0.2, 0) is 0 Å². The predicted octanol–water partition coefficient (Wildman–Crippen LogP) is 8.30. The third kappa shape index (κ3) is 4.54. The molecule has 5 nitrogen and oxygen atoms in total. The highest BCUT2D eigenvalue weighted by Crippen LogP contribution is 2.46. The molecule has 2 bridgehead atoms. The van der Waals surface area contributed by atoms with Crippen LogP contribution in [0.25, 0.3) is 17.4 Å². The van der Waals surface area contributed by atoms with Crippen molar-refractivity contribution in [3.63, 3.8) is 0 Å². The molecule has 4 aliphatic rings. The van der Waals surface area contributed by atoms with Gasteiger partial charge in [-0.1, -0.05) is 55.5 Å². The van der Waals surface area contributed by atoms with Crippen molar-refractivity contribution >= 4 is 29.1 Å². The van der Waals surface area contributed by atoms with E-state index in [9.17, 15) is 9.90 Å². The molecule has 0 amide bonds. The fourth-order valence-electron chi connectivity index (χ4n) is 6.26. The summed E-state index contributed by atoms with van der Waals surface area (Å²) in [6, 6.07) is 18.7. The highest BCUT2D eigenvalue weighted by atomic mass is 16.5. The SMILES string of the molecule is C=C1C(C)=C(c2ccc3c(c2)C=C(CC)CC2CC3N2)Oc2c1cc(C)cc2[C@@H](C)Nc1ccccc1C(=O)O. The number of carboxylic acid groups (broad SMARTS) is 1. The van der Waals surface area contributed by atoms with E-state index in [0.717, 1.165) is 57.8 Å². The number of fused-ring (bicyclic) bond motifs is 2. The number of carbonyl (C=O) groups is 1. The molecule has 3 heterocycles. The summed E-state index contributed by atoms with van der Waals surface area (Å²) in [7, 11) is 0. The second-order valence-electron chi connectivity index (χ2n) is 11.3. The molecule has 0 saturated carbocycles. The van der Waals surface area contributed by atoms with Crippen LogP contribution in [0.4, 0.5) is 5.69 Å². The smallest absolute Gasteiger partial charge is 0.337 e. The van der Waals surface area contributed by atoms with Gasteiger partial charge in [0.1, 0.15) is 11.5 Å². The lowest BCUT2D eigenvalue weighted by Crippen LogP contribution is -2.47. The standard InChI is InChI=1S/C35H36N2O3/c1-6-23-15-25-17-24(11-12-27(25)32-18-26(16-23)37-32)33-21(4)20(3)29-13-19(2)14-30(34(29)40-33)22(5)36-31-10-8-7-9-28(31)35(38)39/h7-15,17,22,26,32,36-37H,3,6,16,18H2,1-2,4-5H3,(H,38,39)/t22-,26?,32?/m1/s1. The molecule has 5 heteroatoms. The lowest BCUT2D eigenvalue weighted by atomic mass is 9.80. The van der Waals surface area contributed by atoms with Gasteiger partial charge in [0.05, 0.1) is 11.6 Å². The molecule has 0 radical (unpaired) electrons. The molecule has 1 saturated heterocycles. The zero-order chi connectivity index (χ0) is 28.1. The molecular weight excluding hydrogens is 496 g/mol. The molecule has 3 aliphatic heterocycles. The maximum absolute atomic E-state index is 11.8. The van der Waals surface area contributed by atoms with Gasteiger partial charge in [-0.15, -0.1) is 0 Å². The Hall–Kier alpha value is -4.09. The molecule has 3 aromatic carbocycles. The third-order valence-electron chi connectivity index (χ3n) is 8.58. The van der Waals surface area contributed by atoms with Crippen LogP contribution in [0.15, 0.2) is 72.3 Å². The maximum Gasteiger partial charge on any atom is 0.337 e. The van der Waals surface area contributed by atoms with Crippen LogP contribution >= 0.6 is 0 Å². The van der Waals surface area contributed by atoms with Crippen LogP contribution in [0, 0.1) is 6.92 Å². The first-order valence-corrected chi connectivity index (χ1v) is 14.1. The molecule has 204 valence electrons. The van der Waals surface area contributed by atoms with Gasteiger partial charge in [0, 0.05) is 34.5 Å². The van der Waals surface area contributed by atoms with Crippen molar-refractivity contribution in [2.75, 3.05) is 5.32 Å². The van der Waals surface area contributed by atoms with Gasteiger partial charge in [-0.05, 0) is 92.1 Å². The quantitative estimate of drug-likeness (QED) is 0.298. The Morgan fingerprint density at radius 1 is 1.18 bits per heavy atom. The molecule has 40 heavy (non-hydrogen) atoms. The van der Waals surface area contributed by atoms with Gasteiger partial charge in [-0.25, -0.2) is 4.79 Å². The number of anilines is 1. The minimum Gasteiger partial charge on any atom is -0.478 e. The predicted molar refractivity (Wildman–Crippen MR) is 162 cm³/mol. The van der Waals surface area contributed by atoms with Crippen LogP contribution in [0.2, 0.25) is 0 Å². The number of benzene rings is 3. The normalized spacial score (nSPS) is 20.2.